The molecule has 0 radical (unpaired) electrons. The van der Waals surface area contributed by atoms with Crippen molar-refractivity contribution in [3.63, 3.8) is 0 Å². The lowest BCUT2D eigenvalue weighted by Crippen LogP contribution is -2.10. The van der Waals surface area contributed by atoms with Gasteiger partial charge in [-0.25, -0.2) is 4.79 Å². The Morgan fingerprint density at radius 2 is 1.79 bits per heavy atom. The number of hydrogen-bond donors (Lipinski definition) is 1. The van der Waals surface area contributed by atoms with Crippen LogP contribution >= 0.6 is 0 Å². The van der Waals surface area contributed by atoms with Gasteiger partial charge in [0.05, 0.1) is 19.8 Å². The molecular weight excluding hydrogens is 310 g/mol. The number of ether oxygens (including phenoxy) is 2. The van der Waals surface area contributed by atoms with Crippen molar-refractivity contribution < 1.29 is 23.5 Å². The first-order chi connectivity index (χ1) is 11.6. The van der Waals surface area contributed by atoms with Gasteiger partial charge in [-0.3, -0.25) is 4.79 Å². The Labute approximate surface area is 138 Å². The summed E-state index contributed by atoms with van der Waals surface area (Å²) in [5.74, 6) is -0.436. The van der Waals surface area contributed by atoms with E-state index in [0.29, 0.717) is 28.0 Å². The van der Waals surface area contributed by atoms with Crippen LogP contribution in [0.25, 0.3) is 11.0 Å². The second-order valence-electron chi connectivity index (χ2n) is 4.98. The smallest absolute Gasteiger partial charge is 0.338 e. The van der Waals surface area contributed by atoms with Crippen molar-refractivity contribution in [3.8, 4) is 5.75 Å². The Morgan fingerprint density at radius 1 is 1.04 bits per heavy atom. The van der Waals surface area contributed by atoms with E-state index in [-0.39, 0.29) is 5.76 Å². The predicted octanol–water partition coefficient (Wildman–Crippen LogP) is 3.48. The van der Waals surface area contributed by atoms with E-state index in [1.165, 1.54) is 20.3 Å². The molecule has 0 fully saturated rings. The van der Waals surface area contributed by atoms with E-state index in [4.69, 9.17) is 13.9 Å². The summed E-state index contributed by atoms with van der Waals surface area (Å²) < 4.78 is 15.6. The van der Waals surface area contributed by atoms with Gasteiger partial charge < -0.3 is 19.2 Å². The second-order valence-corrected chi connectivity index (χ2v) is 4.98. The van der Waals surface area contributed by atoms with Crippen molar-refractivity contribution in [2.24, 2.45) is 0 Å². The van der Waals surface area contributed by atoms with E-state index in [1.807, 2.05) is 18.2 Å². The van der Waals surface area contributed by atoms with Crippen LogP contribution < -0.4 is 10.1 Å². The molecule has 0 saturated heterocycles. The second kappa shape index (κ2) is 6.45. The predicted molar refractivity (Wildman–Crippen MR) is 88.5 cm³/mol. The van der Waals surface area contributed by atoms with Crippen LogP contribution in [0.15, 0.2) is 52.9 Å². The van der Waals surface area contributed by atoms with Crippen LogP contribution in [-0.2, 0) is 4.74 Å². The van der Waals surface area contributed by atoms with E-state index < -0.39 is 11.9 Å². The molecule has 6 heteroatoms. The maximum Gasteiger partial charge on any atom is 0.338 e. The Hall–Kier alpha value is -3.28. The average Bonchev–Trinajstić information content (AvgIpc) is 3.06. The summed E-state index contributed by atoms with van der Waals surface area (Å²) in [6.45, 7) is 0. The van der Waals surface area contributed by atoms with E-state index in [2.05, 4.69) is 5.32 Å². The lowest BCUT2D eigenvalue weighted by atomic mass is 10.1. The van der Waals surface area contributed by atoms with Gasteiger partial charge in [0.15, 0.2) is 17.1 Å². The summed E-state index contributed by atoms with van der Waals surface area (Å²) in [5, 5.41) is 3.19. The largest absolute Gasteiger partial charge is 0.493 e. The number of para-hydroxylation sites is 1. The molecule has 1 aromatic heterocycles. The monoisotopic (exact) mass is 325 g/mol. The van der Waals surface area contributed by atoms with Gasteiger partial charge in [-0.05, 0) is 30.3 Å². The topological polar surface area (TPSA) is 77.8 Å². The number of amides is 1. The molecule has 122 valence electrons. The first-order valence-electron chi connectivity index (χ1n) is 7.19. The fourth-order valence-corrected chi connectivity index (χ4v) is 2.37. The van der Waals surface area contributed by atoms with Crippen molar-refractivity contribution in [1.82, 2.24) is 0 Å². The third kappa shape index (κ3) is 2.81. The molecule has 3 rings (SSSR count). The number of carbonyl (C=O) groups excluding carboxylic acids is 2. The number of esters is 1. The number of methoxy groups -OCH3 is 2. The average molecular weight is 325 g/mol. The number of furan rings is 1. The van der Waals surface area contributed by atoms with Crippen LogP contribution in [0.3, 0.4) is 0 Å². The van der Waals surface area contributed by atoms with Crippen LogP contribution in [0.2, 0.25) is 0 Å². The van der Waals surface area contributed by atoms with Gasteiger partial charge in [-0.1, -0.05) is 18.2 Å². The Morgan fingerprint density at radius 3 is 2.46 bits per heavy atom. The molecule has 0 aliphatic rings. The molecular formula is C18H15NO5. The molecule has 1 amide bonds. The highest BCUT2D eigenvalue weighted by Gasteiger charge is 2.20. The van der Waals surface area contributed by atoms with Crippen LogP contribution in [-0.4, -0.2) is 26.1 Å². The third-order valence-electron chi connectivity index (χ3n) is 3.53. The summed E-state index contributed by atoms with van der Waals surface area (Å²) in [4.78, 5) is 24.3. The van der Waals surface area contributed by atoms with Gasteiger partial charge in [0, 0.05) is 11.1 Å². The zero-order valence-corrected chi connectivity index (χ0v) is 13.2. The van der Waals surface area contributed by atoms with Crippen LogP contribution in [0.1, 0.15) is 20.9 Å². The van der Waals surface area contributed by atoms with Crippen molar-refractivity contribution in [2.75, 3.05) is 19.5 Å². The van der Waals surface area contributed by atoms with Gasteiger partial charge in [-0.15, -0.1) is 0 Å². The lowest BCUT2D eigenvalue weighted by Gasteiger charge is -2.04. The van der Waals surface area contributed by atoms with Gasteiger partial charge in [0.25, 0.3) is 5.91 Å². The molecule has 0 aliphatic carbocycles. The number of carbonyl (C=O) groups is 2. The zero-order valence-electron chi connectivity index (χ0n) is 13.2. The number of hydrogen-bond acceptors (Lipinski definition) is 5. The zero-order chi connectivity index (χ0) is 17.1. The Kier molecular flexibility index (Phi) is 4.20. The summed E-state index contributed by atoms with van der Waals surface area (Å²) in [6.07, 6.45) is 0. The molecule has 6 nitrogen and oxygen atoms in total. The molecule has 0 saturated carbocycles. The summed E-state index contributed by atoms with van der Waals surface area (Å²) in [5.41, 5.74) is 1.26. The van der Waals surface area contributed by atoms with Crippen molar-refractivity contribution >= 4 is 28.5 Å². The minimum absolute atomic E-state index is 0.0727. The lowest BCUT2D eigenvalue weighted by molar-refractivity contribution is 0.0603. The van der Waals surface area contributed by atoms with E-state index >= 15 is 0 Å². The fraction of sp³-hybridized carbons (Fsp3) is 0.111. The molecule has 1 N–H and O–H groups in total. The summed E-state index contributed by atoms with van der Waals surface area (Å²) >= 11 is 0. The summed E-state index contributed by atoms with van der Waals surface area (Å²) in [7, 11) is 2.78. The SMILES string of the molecule is COC(=O)c1ccc(OC)c2oc(C(=O)Nc3ccccc3)cc12. The molecule has 2 aromatic carbocycles. The highest BCUT2D eigenvalue weighted by atomic mass is 16.5. The molecule has 0 bridgehead atoms. The molecule has 0 aliphatic heterocycles. The van der Waals surface area contributed by atoms with Crippen molar-refractivity contribution in [2.45, 2.75) is 0 Å². The minimum Gasteiger partial charge on any atom is -0.493 e. The number of anilines is 1. The number of nitrogens with one attached hydrogen (secondary N) is 1. The van der Waals surface area contributed by atoms with E-state index in [0.717, 1.165) is 0 Å². The van der Waals surface area contributed by atoms with E-state index in [1.54, 1.807) is 24.3 Å². The number of fused-ring (bicyclic) bond motifs is 1. The van der Waals surface area contributed by atoms with E-state index in [9.17, 15) is 9.59 Å². The van der Waals surface area contributed by atoms with Crippen molar-refractivity contribution in [1.29, 1.82) is 0 Å². The Balaban J connectivity index is 2.03. The minimum atomic E-state index is -0.515. The first-order valence-corrected chi connectivity index (χ1v) is 7.19. The van der Waals surface area contributed by atoms with Gasteiger partial charge in [0.2, 0.25) is 0 Å². The van der Waals surface area contributed by atoms with Crippen molar-refractivity contribution in [3.05, 3.63) is 59.9 Å². The maximum atomic E-state index is 12.4. The Bertz CT molecular complexity index is 898. The standard InChI is InChI=1S/C18H15NO5/c1-22-14-9-8-12(18(21)23-2)13-10-15(24-16(13)14)17(20)19-11-6-4-3-5-7-11/h3-10H,1-2H3,(H,19,20). The highest BCUT2D eigenvalue weighted by molar-refractivity contribution is 6.09. The maximum absolute atomic E-state index is 12.4. The summed E-state index contributed by atoms with van der Waals surface area (Å²) in [6, 6.07) is 13.7. The third-order valence-corrected chi connectivity index (χ3v) is 3.53. The van der Waals surface area contributed by atoms with Gasteiger partial charge in [-0.2, -0.15) is 0 Å². The quantitative estimate of drug-likeness (QED) is 0.743. The highest BCUT2D eigenvalue weighted by Crippen LogP contribution is 2.32. The van der Waals surface area contributed by atoms with Crippen LogP contribution in [0, 0.1) is 0 Å². The van der Waals surface area contributed by atoms with Crippen LogP contribution in [0.5, 0.6) is 5.75 Å². The molecule has 0 spiro atoms. The number of benzene rings is 2. The molecule has 0 atom stereocenters. The van der Waals surface area contributed by atoms with Gasteiger partial charge >= 0.3 is 5.97 Å². The molecule has 0 unspecified atom stereocenters. The van der Waals surface area contributed by atoms with Crippen LogP contribution in [0.4, 0.5) is 5.69 Å². The fourth-order valence-electron chi connectivity index (χ4n) is 2.37. The molecule has 3 aromatic rings. The normalized spacial score (nSPS) is 10.4. The molecule has 24 heavy (non-hydrogen) atoms. The van der Waals surface area contributed by atoms with Gasteiger partial charge in [0.1, 0.15) is 0 Å². The molecule has 1 heterocycles. The number of rotatable bonds is 4. The first kappa shape index (κ1) is 15.6.